The van der Waals surface area contributed by atoms with E-state index in [-0.39, 0.29) is 4.90 Å². The highest BCUT2D eigenvalue weighted by atomic mass is 32.2. The van der Waals surface area contributed by atoms with Crippen LogP contribution in [0, 0.1) is 0 Å². The largest absolute Gasteiger partial charge is 0.486 e. The molecule has 0 spiro atoms. The summed E-state index contributed by atoms with van der Waals surface area (Å²) >= 11 is 0. The smallest absolute Gasteiger partial charge is 0.247 e. The number of fused-ring (bicyclic) bond motifs is 2. The molecule has 4 heterocycles. The van der Waals surface area contributed by atoms with E-state index >= 15 is 0 Å². The number of hydrogen-bond acceptors (Lipinski definition) is 8. The third kappa shape index (κ3) is 4.18. The van der Waals surface area contributed by atoms with Gasteiger partial charge < -0.3 is 20.1 Å². The Kier molecular flexibility index (Phi) is 5.51. The summed E-state index contributed by atoms with van der Waals surface area (Å²) in [5, 5.41) is 11.0. The van der Waals surface area contributed by atoms with E-state index in [1.807, 2.05) is 36.4 Å². The van der Waals surface area contributed by atoms with Crippen LogP contribution in [0.15, 0.2) is 65.6 Å². The van der Waals surface area contributed by atoms with Crippen molar-refractivity contribution in [2.75, 3.05) is 44.7 Å². The number of piperazine rings is 1. The third-order valence-corrected chi connectivity index (χ3v) is 7.93. The number of anilines is 2. The molecule has 2 aliphatic rings. The van der Waals surface area contributed by atoms with Crippen molar-refractivity contribution in [2.24, 2.45) is 0 Å². The number of pyridine rings is 1. The second-order valence-electron chi connectivity index (χ2n) is 8.28. The predicted octanol–water partition coefficient (Wildman–Crippen LogP) is 2.50. The summed E-state index contributed by atoms with van der Waals surface area (Å²) in [6, 6.07) is 18.2. The van der Waals surface area contributed by atoms with Gasteiger partial charge in [0.15, 0.2) is 17.1 Å². The lowest BCUT2D eigenvalue weighted by molar-refractivity contribution is 0.171. The van der Waals surface area contributed by atoms with E-state index in [2.05, 4.69) is 20.7 Å². The Labute approximate surface area is 202 Å². The van der Waals surface area contributed by atoms with Gasteiger partial charge >= 0.3 is 0 Å². The fraction of sp³-hybridized carbons (Fsp3) is 0.250. The second kappa shape index (κ2) is 8.84. The average molecular weight is 493 g/mol. The Hall–Kier alpha value is -3.67. The first-order chi connectivity index (χ1) is 17.1. The van der Waals surface area contributed by atoms with Crippen molar-refractivity contribution in [2.45, 2.75) is 4.90 Å². The second-order valence-corrected chi connectivity index (χ2v) is 10.2. The van der Waals surface area contributed by atoms with E-state index < -0.39 is 10.0 Å². The fourth-order valence-electron chi connectivity index (χ4n) is 4.25. The van der Waals surface area contributed by atoms with E-state index in [1.165, 1.54) is 4.31 Å². The molecule has 2 aromatic heterocycles. The summed E-state index contributed by atoms with van der Waals surface area (Å²) in [7, 11) is -3.50. The molecule has 2 aliphatic heterocycles. The number of nitrogens with zero attached hydrogens (tertiary/aromatic N) is 4. The zero-order valence-electron chi connectivity index (χ0n) is 18.8. The summed E-state index contributed by atoms with van der Waals surface area (Å²) < 4.78 is 40.4. The molecule has 2 N–H and O–H groups in total. The molecule has 180 valence electrons. The van der Waals surface area contributed by atoms with Crippen LogP contribution in [0.5, 0.6) is 11.5 Å². The molecule has 0 saturated carbocycles. The van der Waals surface area contributed by atoms with E-state index in [9.17, 15) is 8.42 Å². The average Bonchev–Trinajstić information content (AvgIpc) is 3.32. The number of nitrogens with one attached hydrogen (secondary N) is 2. The fourth-order valence-corrected chi connectivity index (χ4v) is 5.69. The van der Waals surface area contributed by atoms with Crippen LogP contribution in [0.4, 0.5) is 11.6 Å². The molecule has 0 unspecified atom stereocenters. The maximum absolute atomic E-state index is 12.9. The third-order valence-electron chi connectivity index (χ3n) is 6.02. The number of hydrogen-bond donors (Lipinski definition) is 2. The molecule has 10 nitrogen and oxygen atoms in total. The van der Waals surface area contributed by atoms with Gasteiger partial charge in [-0.3, -0.25) is 0 Å². The summed E-state index contributed by atoms with van der Waals surface area (Å²) in [4.78, 5) is 4.85. The molecule has 11 heteroatoms. The van der Waals surface area contributed by atoms with Crippen LogP contribution in [0.2, 0.25) is 0 Å². The molecule has 4 aromatic rings. The van der Waals surface area contributed by atoms with Crippen molar-refractivity contribution >= 4 is 27.3 Å². The molecular weight excluding hydrogens is 468 g/mol. The Morgan fingerprint density at radius 3 is 2.49 bits per heavy atom. The molecule has 1 saturated heterocycles. The van der Waals surface area contributed by atoms with Crippen LogP contribution >= 0.6 is 0 Å². The topological polar surface area (TPSA) is 110 Å². The lowest BCUT2D eigenvalue weighted by Crippen LogP contribution is -2.46. The maximum Gasteiger partial charge on any atom is 0.247 e. The molecule has 0 radical (unpaired) electrons. The molecule has 0 amide bonds. The molecule has 35 heavy (non-hydrogen) atoms. The molecule has 1 fully saturated rings. The van der Waals surface area contributed by atoms with Gasteiger partial charge in [0.1, 0.15) is 13.2 Å². The van der Waals surface area contributed by atoms with Crippen LogP contribution in [0.25, 0.3) is 16.9 Å². The van der Waals surface area contributed by atoms with E-state index in [0.29, 0.717) is 62.4 Å². The van der Waals surface area contributed by atoms with Crippen molar-refractivity contribution in [3.05, 3.63) is 60.7 Å². The van der Waals surface area contributed by atoms with Gasteiger partial charge in [-0.1, -0.05) is 6.07 Å². The zero-order chi connectivity index (χ0) is 23.8. The van der Waals surface area contributed by atoms with Gasteiger partial charge in [0.2, 0.25) is 16.0 Å². The van der Waals surface area contributed by atoms with Crippen molar-refractivity contribution in [1.82, 2.24) is 24.2 Å². The minimum absolute atomic E-state index is 0.272. The highest BCUT2D eigenvalue weighted by molar-refractivity contribution is 7.89. The molecule has 0 atom stereocenters. The lowest BCUT2D eigenvalue weighted by Gasteiger charge is -2.26. The monoisotopic (exact) mass is 492 g/mol. The summed E-state index contributed by atoms with van der Waals surface area (Å²) in [5.41, 5.74) is 3.16. The Balaban J connectivity index is 1.25. The van der Waals surface area contributed by atoms with Crippen molar-refractivity contribution in [1.29, 1.82) is 0 Å². The number of ether oxygens (including phenoxy) is 2. The number of rotatable bonds is 5. The molecule has 2 aromatic carbocycles. The van der Waals surface area contributed by atoms with E-state index in [4.69, 9.17) is 9.47 Å². The van der Waals surface area contributed by atoms with Gasteiger partial charge in [-0.25, -0.2) is 12.9 Å². The molecule has 0 bridgehead atoms. The number of aromatic nitrogens is 3. The first-order valence-electron chi connectivity index (χ1n) is 11.4. The molecular formula is C24H24N6O4S. The van der Waals surface area contributed by atoms with Crippen LogP contribution < -0.4 is 20.1 Å². The van der Waals surface area contributed by atoms with Gasteiger partial charge in [0, 0.05) is 37.4 Å². The first kappa shape index (κ1) is 21.8. The van der Waals surface area contributed by atoms with E-state index in [0.717, 1.165) is 17.0 Å². The highest BCUT2D eigenvalue weighted by Gasteiger charge is 2.25. The van der Waals surface area contributed by atoms with Gasteiger partial charge in [-0.15, -0.1) is 5.10 Å². The summed E-state index contributed by atoms with van der Waals surface area (Å²) in [5.74, 6) is 1.85. The standard InChI is InChI=1S/C24H24N6O4S/c31-35(32,29-12-10-25-11-13-29)19-7-5-18(6-8-19)26-24-27-23-3-1-2-20(30(23)28-24)17-4-9-21-22(16-17)34-15-14-33-21/h1-9,16,25H,10-15H2,(H,26,28). The molecule has 6 rings (SSSR count). The summed E-state index contributed by atoms with van der Waals surface area (Å²) in [6.07, 6.45) is 0. The van der Waals surface area contributed by atoms with Crippen molar-refractivity contribution < 1.29 is 17.9 Å². The predicted molar refractivity (Wildman–Crippen MR) is 131 cm³/mol. The minimum atomic E-state index is -3.50. The first-order valence-corrected chi connectivity index (χ1v) is 12.9. The van der Waals surface area contributed by atoms with Crippen LogP contribution in [0.1, 0.15) is 0 Å². The van der Waals surface area contributed by atoms with Gasteiger partial charge in [-0.05, 0) is 54.6 Å². The minimum Gasteiger partial charge on any atom is -0.486 e. The highest BCUT2D eigenvalue weighted by Crippen LogP contribution is 2.34. The number of sulfonamides is 1. The molecule has 0 aliphatic carbocycles. The SMILES string of the molecule is O=S(=O)(c1ccc(Nc2nc3cccc(-c4ccc5c(c4)OCCO5)n3n2)cc1)N1CCNCC1. The van der Waals surface area contributed by atoms with Crippen molar-refractivity contribution in [3.8, 4) is 22.8 Å². The Bertz CT molecular complexity index is 1480. The number of benzene rings is 2. The Morgan fingerprint density at radius 1 is 0.914 bits per heavy atom. The summed E-state index contributed by atoms with van der Waals surface area (Å²) in [6.45, 7) is 3.33. The van der Waals surface area contributed by atoms with Crippen LogP contribution in [-0.2, 0) is 10.0 Å². The van der Waals surface area contributed by atoms with Gasteiger partial charge in [0.25, 0.3) is 0 Å². The van der Waals surface area contributed by atoms with Gasteiger partial charge in [-0.2, -0.15) is 9.29 Å². The lowest BCUT2D eigenvalue weighted by atomic mass is 10.1. The van der Waals surface area contributed by atoms with Gasteiger partial charge in [0.05, 0.1) is 10.6 Å². The van der Waals surface area contributed by atoms with Crippen LogP contribution in [-0.4, -0.2) is 66.7 Å². The van der Waals surface area contributed by atoms with Crippen LogP contribution in [0.3, 0.4) is 0 Å². The zero-order valence-corrected chi connectivity index (χ0v) is 19.7. The van der Waals surface area contributed by atoms with E-state index in [1.54, 1.807) is 28.8 Å². The normalized spacial score (nSPS) is 16.3. The Morgan fingerprint density at radius 2 is 1.69 bits per heavy atom. The quantitative estimate of drug-likeness (QED) is 0.437. The van der Waals surface area contributed by atoms with Crippen molar-refractivity contribution in [3.63, 3.8) is 0 Å². The maximum atomic E-state index is 12.9.